The zero-order chi connectivity index (χ0) is 18.1. The van der Waals surface area contributed by atoms with Crippen LogP contribution in [0.25, 0.3) is 6.08 Å². The first-order valence-electron chi connectivity index (χ1n) is 8.45. The second-order valence-corrected chi connectivity index (χ2v) is 5.96. The number of nitrogens with zero attached hydrogens (tertiary/aromatic N) is 4. The third-order valence-corrected chi connectivity index (χ3v) is 4.24. The first kappa shape index (κ1) is 16.1. The lowest BCUT2D eigenvalue weighted by Gasteiger charge is -2.10. The van der Waals surface area contributed by atoms with Crippen LogP contribution < -0.4 is 5.01 Å². The summed E-state index contributed by atoms with van der Waals surface area (Å²) in [6.07, 6.45) is 5.34. The Labute approximate surface area is 151 Å². The van der Waals surface area contributed by atoms with E-state index in [1.165, 1.54) is 5.01 Å². The van der Waals surface area contributed by atoms with E-state index in [9.17, 15) is 4.79 Å². The number of para-hydroxylation sites is 1. The highest BCUT2D eigenvalue weighted by molar-refractivity contribution is 6.36. The number of hydrazone groups is 1. The van der Waals surface area contributed by atoms with Gasteiger partial charge in [0.05, 0.1) is 23.2 Å². The third-order valence-electron chi connectivity index (χ3n) is 4.24. The molecule has 0 radical (unpaired) electrons. The number of aryl methyl sites for hydroxylation is 2. The Bertz CT molecular complexity index is 998. The zero-order valence-electron chi connectivity index (χ0n) is 14.6. The number of aromatic nitrogens is 2. The Kier molecular flexibility index (Phi) is 4.01. The van der Waals surface area contributed by atoms with Gasteiger partial charge in [0.15, 0.2) is 5.76 Å². The fraction of sp³-hybridized carbons (Fsp3) is 0.150. The second kappa shape index (κ2) is 6.48. The fourth-order valence-corrected chi connectivity index (χ4v) is 2.88. The van der Waals surface area contributed by atoms with E-state index in [-0.39, 0.29) is 5.91 Å². The number of hydrogen-bond donors (Lipinski definition) is 0. The summed E-state index contributed by atoms with van der Waals surface area (Å²) in [7, 11) is 0. The van der Waals surface area contributed by atoms with Crippen molar-refractivity contribution in [3.8, 4) is 0 Å². The van der Waals surface area contributed by atoms with Crippen molar-refractivity contribution >= 4 is 23.4 Å². The minimum Gasteiger partial charge on any atom is -0.463 e. The van der Waals surface area contributed by atoms with Crippen LogP contribution in [0.3, 0.4) is 0 Å². The third kappa shape index (κ3) is 2.75. The molecular weight excluding hydrogens is 328 g/mol. The quantitative estimate of drug-likeness (QED) is 0.678. The molecule has 1 aliphatic rings. The highest BCUT2D eigenvalue weighted by atomic mass is 16.3. The molecule has 6 nitrogen and oxygen atoms in total. The molecule has 0 fully saturated rings. The van der Waals surface area contributed by atoms with Crippen molar-refractivity contribution in [1.29, 1.82) is 0 Å². The number of carbonyl (C=O) groups excluding carboxylic acids is 1. The van der Waals surface area contributed by atoms with Gasteiger partial charge >= 0.3 is 0 Å². The molecule has 1 amide bonds. The number of anilines is 1. The summed E-state index contributed by atoms with van der Waals surface area (Å²) in [6, 6.07) is 12.9. The van der Waals surface area contributed by atoms with Crippen molar-refractivity contribution in [2.75, 3.05) is 5.01 Å². The molecule has 26 heavy (non-hydrogen) atoms. The normalized spacial score (nSPS) is 15.8. The summed E-state index contributed by atoms with van der Waals surface area (Å²) in [5.41, 5.74) is 3.48. The Morgan fingerprint density at radius 1 is 1.15 bits per heavy atom. The smallest absolute Gasteiger partial charge is 0.281 e. The van der Waals surface area contributed by atoms with E-state index in [0.717, 1.165) is 17.8 Å². The van der Waals surface area contributed by atoms with Gasteiger partial charge in [-0.15, -0.1) is 0 Å². The molecule has 2 aromatic heterocycles. The van der Waals surface area contributed by atoms with E-state index in [4.69, 9.17) is 4.42 Å². The van der Waals surface area contributed by atoms with E-state index in [1.54, 1.807) is 18.4 Å². The van der Waals surface area contributed by atoms with Gasteiger partial charge in [0.25, 0.3) is 5.91 Å². The van der Waals surface area contributed by atoms with Crippen LogP contribution in [-0.4, -0.2) is 21.4 Å². The summed E-state index contributed by atoms with van der Waals surface area (Å²) >= 11 is 0. The SMILES string of the molecule is CCn1cc(C=C2C(=O)N(c3ccccc3)N=C2c2ccco2)c(C)n1. The minimum absolute atomic E-state index is 0.189. The molecule has 4 rings (SSSR count). The first-order valence-corrected chi connectivity index (χ1v) is 8.45. The molecular formula is C20H18N4O2. The van der Waals surface area contributed by atoms with Crippen LogP contribution in [-0.2, 0) is 11.3 Å². The maximum absolute atomic E-state index is 13.1. The van der Waals surface area contributed by atoms with Gasteiger partial charge in [0, 0.05) is 18.3 Å². The number of rotatable bonds is 4. The Morgan fingerprint density at radius 2 is 1.96 bits per heavy atom. The fourth-order valence-electron chi connectivity index (χ4n) is 2.88. The maximum atomic E-state index is 13.1. The molecule has 0 spiro atoms. The van der Waals surface area contributed by atoms with Gasteiger partial charge in [-0.3, -0.25) is 9.48 Å². The van der Waals surface area contributed by atoms with Crippen molar-refractivity contribution in [3.63, 3.8) is 0 Å². The molecule has 1 aliphatic heterocycles. The molecule has 0 unspecified atom stereocenters. The topological polar surface area (TPSA) is 63.6 Å². The molecule has 0 saturated heterocycles. The van der Waals surface area contributed by atoms with E-state index in [1.807, 2.05) is 61.1 Å². The van der Waals surface area contributed by atoms with Crippen LogP contribution in [0, 0.1) is 6.92 Å². The van der Waals surface area contributed by atoms with Gasteiger partial charge in [0.2, 0.25) is 0 Å². The Balaban J connectivity index is 1.82. The molecule has 0 bridgehead atoms. The number of benzene rings is 1. The largest absolute Gasteiger partial charge is 0.463 e. The van der Waals surface area contributed by atoms with Crippen LogP contribution >= 0.6 is 0 Å². The molecule has 6 heteroatoms. The molecule has 3 aromatic rings. The average molecular weight is 346 g/mol. The van der Waals surface area contributed by atoms with Crippen molar-refractivity contribution in [1.82, 2.24) is 9.78 Å². The van der Waals surface area contributed by atoms with Gasteiger partial charge in [-0.05, 0) is 44.2 Å². The van der Waals surface area contributed by atoms with Crippen molar-refractivity contribution in [3.05, 3.63) is 77.5 Å². The lowest BCUT2D eigenvalue weighted by atomic mass is 10.1. The lowest BCUT2D eigenvalue weighted by Crippen LogP contribution is -2.21. The van der Waals surface area contributed by atoms with Crippen molar-refractivity contribution in [2.24, 2.45) is 5.10 Å². The average Bonchev–Trinajstić information content (AvgIpc) is 3.37. The van der Waals surface area contributed by atoms with Crippen LogP contribution in [0.5, 0.6) is 0 Å². The predicted octanol–water partition coefficient (Wildman–Crippen LogP) is 3.64. The lowest BCUT2D eigenvalue weighted by molar-refractivity contribution is -0.114. The van der Waals surface area contributed by atoms with E-state index in [0.29, 0.717) is 22.7 Å². The molecule has 0 N–H and O–H groups in total. The summed E-state index contributed by atoms with van der Waals surface area (Å²) in [5.74, 6) is 0.370. The highest BCUT2D eigenvalue weighted by Crippen LogP contribution is 2.28. The van der Waals surface area contributed by atoms with Crippen molar-refractivity contribution in [2.45, 2.75) is 20.4 Å². The first-order chi connectivity index (χ1) is 12.7. The monoisotopic (exact) mass is 346 g/mol. The zero-order valence-corrected chi connectivity index (χ0v) is 14.6. The van der Waals surface area contributed by atoms with Gasteiger partial charge in [-0.25, -0.2) is 0 Å². The number of hydrogen-bond acceptors (Lipinski definition) is 4. The summed E-state index contributed by atoms with van der Waals surface area (Å²) in [6.45, 7) is 4.72. The molecule has 0 atom stereocenters. The van der Waals surface area contributed by atoms with E-state index >= 15 is 0 Å². The minimum atomic E-state index is -0.189. The highest BCUT2D eigenvalue weighted by Gasteiger charge is 2.33. The van der Waals surface area contributed by atoms with Gasteiger partial charge in [-0.2, -0.15) is 15.2 Å². The number of carbonyl (C=O) groups is 1. The Morgan fingerprint density at radius 3 is 2.62 bits per heavy atom. The van der Waals surface area contributed by atoms with E-state index in [2.05, 4.69) is 10.2 Å². The maximum Gasteiger partial charge on any atom is 0.281 e. The van der Waals surface area contributed by atoms with Crippen LogP contribution in [0.2, 0.25) is 0 Å². The summed E-state index contributed by atoms with van der Waals surface area (Å²) < 4.78 is 7.35. The summed E-state index contributed by atoms with van der Waals surface area (Å²) in [5, 5.41) is 10.4. The predicted molar refractivity (Wildman–Crippen MR) is 99.8 cm³/mol. The van der Waals surface area contributed by atoms with Crippen LogP contribution in [0.1, 0.15) is 23.9 Å². The van der Waals surface area contributed by atoms with Crippen molar-refractivity contribution < 1.29 is 9.21 Å². The Hall–Kier alpha value is -3.41. The van der Waals surface area contributed by atoms with Gasteiger partial charge in [-0.1, -0.05) is 18.2 Å². The van der Waals surface area contributed by atoms with Crippen LogP contribution in [0.15, 0.2) is 70.0 Å². The van der Waals surface area contributed by atoms with E-state index < -0.39 is 0 Å². The molecule has 3 heterocycles. The van der Waals surface area contributed by atoms with Gasteiger partial charge < -0.3 is 4.42 Å². The molecule has 1 aromatic carbocycles. The second-order valence-electron chi connectivity index (χ2n) is 5.96. The molecule has 0 saturated carbocycles. The molecule has 130 valence electrons. The summed E-state index contributed by atoms with van der Waals surface area (Å²) in [4.78, 5) is 13.1. The standard InChI is InChI=1S/C20H18N4O2/c1-3-23-13-15(14(2)21-23)12-17-19(18-10-7-11-26-18)22-24(20(17)25)16-8-5-4-6-9-16/h4-13H,3H2,1-2H3. The number of amides is 1. The number of furan rings is 1. The van der Waals surface area contributed by atoms with Crippen LogP contribution in [0.4, 0.5) is 5.69 Å². The van der Waals surface area contributed by atoms with Gasteiger partial charge in [0.1, 0.15) is 5.71 Å². The molecule has 0 aliphatic carbocycles.